The molecular formula is C14H10F2O4S2. The molecule has 2 spiro atoms. The quantitative estimate of drug-likeness (QED) is 0.736. The fourth-order valence-electron chi connectivity index (χ4n) is 3.42. The molecule has 0 bridgehead atoms. The van der Waals surface area contributed by atoms with Crippen molar-refractivity contribution in [2.24, 2.45) is 0 Å². The van der Waals surface area contributed by atoms with E-state index in [1.54, 1.807) is 0 Å². The van der Waals surface area contributed by atoms with Gasteiger partial charge in [0.2, 0.25) is 0 Å². The van der Waals surface area contributed by atoms with Crippen LogP contribution in [-0.2, 0) is 30.5 Å². The summed E-state index contributed by atoms with van der Waals surface area (Å²) in [5, 5.41) is -0.753. The van der Waals surface area contributed by atoms with E-state index in [2.05, 4.69) is 0 Å². The normalized spacial score (nSPS) is 24.1. The van der Waals surface area contributed by atoms with Gasteiger partial charge >= 0.3 is 0 Å². The van der Waals surface area contributed by atoms with Gasteiger partial charge in [-0.15, -0.1) is 22.7 Å². The van der Waals surface area contributed by atoms with Crippen LogP contribution in [-0.4, -0.2) is 26.4 Å². The maximum Gasteiger partial charge on any atom is 0.257 e. The van der Waals surface area contributed by atoms with Crippen LogP contribution in [0.2, 0.25) is 0 Å². The summed E-state index contributed by atoms with van der Waals surface area (Å²) in [7, 11) is 0. The topological polar surface area (TPSA) is 36.9 Å². The summed E-state index contributed by atoms with van der Waals surface area (Å²) in [6, 6.07) is 2.75. The third-order valence-corrected chi connectivity index (χ3v) is 6.15. The predicted octanol–water partition coefficient (Wildman–Crippen LogP) is 3.17. The van der Waals surface area contributed by atoms with Crippen molar-refractivity contribution < 1.29 is 27.7 Å². The van der Waals surface area contributed by atoms with Crippen molar-refractivity contribution in [2.45, 2.75) is 11.6 Å². The first-order valence-electron chi connectivity index (χ1n) is 6.82. The van der Waals surface area contributed by atoms with Crippen LogP contribution in [0.4, 0.5) is 8.78 Å². The molecule has 116 valence electrons. The molecule has 2 aromatic heterocycles. The SMILES string of the molecule is Fc1cc2c(s1)-c1sc(F)cc1C1(OCCO1)C21OCCO1. The van der Waals surface area contributed by atoms with E-state index in [4.69, 9.17) is 18.9 Å². The molecule has 22 heavy (non-hydrogen) atoms. The van der Waals surface area contributed by atoms with Gasteiger partial charge in [-0.2, -0.15) is 8.78 Å². The Morgan fingerprint density at radius 2 is 1.09 bits per heavy atom. The highest BCUT2D eigenvalue weighted by Gasteiger charge is 2.67. The highest BCUT2D eigenvalue weighted by Crippen LogP contribution is 2.62. The van der Waals surface area contributed by atoms with Crippen LogP contribution in [0.1, 0.15) is 11.1 Å². The minimum absolute atomic E-state index is 0.341. The summed E-state index contributed by atoms with van der Waals surface area (Å²) in [5.41, 5.74) is 1.03. The van der Waals surface area contributed by atoms with Gasteiger partial charge in [0.15, 0.2) is 10.3 Å². The summed E-state index contributed by atoms with van der Waals surface area (Å²) in [6.07, 6.45) is 0. The van der Waals surface area contributed by atoms with E-state index in [1.165, 1.54) is 12.1 Å². The molecule has 0 atom stereocenters. The van der Waals surface area contributed by atoms with Gasteiger partial charge < -0.3 is 18.9 Å². The van der Waals surface area contributed by atoms with Crippen molar-refractivity contribution in [1.29, 1.82) is 0 Å². The molecular weight excluding hydrogens is 334 g/mol. The minimum Gasteiger partial charge on any atom is -0.339 e. The highest BCUT2D eigenvalue weighted by molar-refractivity contribution is 7.21. The standard InChI is InChI=1S/C14H10F2O4S2/c15-9-5-7-11(21-9)12-8(6-10(16)22-12)14(19-3-4-20-14)13(7)17-1-2-18-13/h5-6H,1-4H2. The largest absolute Gasteiger partial charge is 0.339 e. The molecule has 5 rings (SSSR count). The smallest absolute Gasteiger partial charge is 0.257 e. The fraction of sp³-hybridized carbons (Fsp3) is 0.429. The Bertz CT molecular complexity index is 693. The van der Waals surface area contributed by atoms with Gasteiger partial charge in [0.05, 0.1) is 36.2 Å². The lowest BCUT2D eigenvalue weighted by Gasteiger charge is -2.44. The zero-order chi connectivity index (χ0) is 14.9. The molecule has 8 heteroatoms. The minimum atomic E-state index is -1.37. The molecule has 4 nitrogen and oxygen atoms in total. The molecule has 2 aliphatic heterocycles. The molecule has 2 fully saturated rings. The third-order valence-electron chi connectivity index (χ3n) is 4.14. The number of rotatable bonds is 0. The lowest BCUT2D eigenvalue weighted by Crippen LogP contribution is -2.53. The summed E-state index contributed by atoms with van der Waals surface area (Å²) in [4.78, 5) is 1.24. The van der Waals surface area contributed by atoms with Crippen LogP contribution in [0.5, 0.6) is 0 Å². The number of thiophene rings is 2. The molecule has 0 aromatic carbocycles. The molecule has 1 aliphatic carbocycles. The number of hydrogen-bond donors (Lipinski definition) is 0. The number of hydrogen-bond acceptors (Lipinski definition) is 6. The van der Waals surface area contributed by atoms with Crippen molar-refractivity contribution in [3.05, 3.63) is 33.5 Å². The van der Waals surface area contributed by atoms with E-state index in [1.807, 2.05) is 0 Å². The molecule has 2 aromatic rings. The van der Waals surface area contributed by atoms with E-state index in [0.717, 1.165) is 22.7 Å². The highest BCUT2D eigenvalue weighted by atomic mass is 32.1. The lowest BCUT2D eigenvalue weighted by molar-refractivity contribution is -0.365. The number of halogens is 2. The lowest BCUT2D eigenvalue weighted by atomic mass is 9.85. The molecule has 0 saturated carbocycles. The van der Waals surface area contributed by atoms with E-state index in [0.29, 0.717) is 47.3 Å². The van der Waals surface area contributed by atoms with Gasteiger partial charge in [-0.25, -0.2) is 0 Å². The second kappa shape index (κ2) is 4.34. The van der Waals surface area contributed by atoms with Gasteiger partial charge in [-0.05, 0) is 12.1 Å². The molecule has 0 amide bonds. The Kier molecular flexibility index (Phi) is 2.67. The van der Waals surface area contributed by atoms with E-state index in [-0.39, 0.29) is 10.3 Å². The summed E-state index contributed by atoms with van der Waals surface area (Å²) in [6.45, 7) is 1.36. The second-order valence-electron chi connectivity index (χ2n) is 5.21. The zero-order valence-electron chi connectivity index (χ0n) is 11.2. The fourth-order valence-corrected chi connectivity index (χ4v) is 5.42. The van der Waals surface area contributed by atoms with Crippen LogP contribution in [0, 0.1) is 10.3 Å². The third kappa shape index (κ3) is 1.43. The van der Waals surface area contributed by atoms with Gasteiger partial charge in [-0.1, -0.05) is 0 Å². The van der Waals surface area contributed by atoms with Crippen LogP contribution < -0.4 is 0 Å². The summed E-state index contributed by atoms with van der Waals surface area (Å²) >= 11 is 1.91. The molecule has 4 heterocycles. The maximum atomic E-state index is 13.9. The predicted molar refractivity (Wildman–Crippen MR) is 74.7 cm³/mol. The van der Waals surface area contributed by atoms with Crippen molar-refractivity contribution >= 4 is 22.7 Å². The zero-order valence-corrected chi connectivity index (χ0v) is 12.8. The van der Waals surface area contributed by atoms with E-state index in [9.17, 15) is 8.78 Å². The summed E-state index contributed by atoms with van der Waals surface area (Å²) < 4.78 is 51.4. The van der Waals surface area contributed by atoms with Gasteiger partial charge in [-0.3, -0.25) is 0 Å². The Morgan fingerprint density at radius 3 is 1.45 bits per heavy atom. The average Bonchev–Trinajstić information content (AvgIpc) is 3.22. The van der Waals surface area contributed by atoms with Crippen LogP contribution in [0.3, 0.4) is 0 Å². The Labute approximate surface area is 132 Å². The van der Waals surface area contributed by atoms with Crippen LogP contribution in [0.25, 0.3) is 9.75 Å². The number of fused-ring (bicyclic) bond motifs is 6. The Morgan fingerprint density at radius 1 is 0.727 bits per heavy atom. The van der Waals surface area contributed by atoms with Crippen molar-refractivity contribution in [3.8, 4) is 9.75 Å². The first kappa shape index (κ1) is 13.5. The Hall–Kier alpha value is -0.900. The maximum absolute atomic E-state index is 13.9. The Balaban J connectivity index is 1.88. The van der Waals surface area contributed by atoms with Gasteiger partial charge in [0, 0.05) is 11.1 Å². The van der Waals surface area contributed by atoms with E-state index >= 15 is 0 Å². The molecule has 0 N–H and O–H groups in total. The van der Waals surface area contributed by atoms with Crippen LogP contribution >= 0.6 is 22.7 Å². The number of ether oxygens (including phenoxy) is 4. The van der Waals surface area contributed by atoms with E-state index < -0.39 is 11.6 Å². The van der Waals surface area contributed by atoms with Gasteiger partial charge in [0.25, 0.3) is 11.6 Å². The monoisotopic (exact) mass is 344 g/mol. The first-order valence-corrected chi connectivity index (χ1v) is 8.45. The van der Waals surface area contributed by atoms with Crippen LogP contribution in [0.15, 0.2) is 12.1 Å². The second-order valence-corrected chi connectivity index (χ2v) is 7.22. The average molecular weight is 344 g/mol. The molecule has 2 saturated heterocycles. The van der Waals surface area contributed by atoms with Crippen molar-refractivity contribution in [2.75, 3.05) is 26.4 Å². The van der Waals surface area contributed by atoms with Crippen molar-refractivity contribution in [3.63, 3.8) is 0 Å². The molecule has 3 aliphatic rings. The molecule has 0 unspecified atom stereocenters. The van der Waals surface area contributed by atoms with Crippen molar-refractivity contribution in [1.82, 2.24) is 0 Å². The van der Waals surface area contributed by atoms with Gasteiger partial charge in [0.1, 0.15) is 0 Å². The summed E-state index contributed by atoms with van der Waals surface area (Å²) in [5.74, 6) is -2.75. The first-order chi connectivity index (χ1) is 10.7. The molecule has 0 radical (unpaired) electrons.